The summed E-state index contributed by atoms with van der Waals surface area (Å²) < 4.78 is 72.7. The molecule has 2 aromatic carbocycles. The molecule has 1 saturated heterocycles. The average Bonchev–Trinajstić information content (AvgIpc) is 2.94. The highest BCUT2D eigenvalue weighted by Crippen LogP contribution is 2.39. The zero-order chi connectivity index (χ0) is 31.0. The van der Waals surface area contributed by atoms with Gasteiger partial charge in [0.25, 0.3) is 0 Å². The van der Waals surface area contributed by atoms with Crippen molar-refractivity contribution < 1.29 is 35.9 Å². The molecule has 0 spiro atoms. The summed E-state index contributed by atoms with van der Waals surface area (Å²) in [6.07, 6.45) is 13.2. The van der Waals surface area contributed by atoms with Crippen LogP contribution in [0.25, 0.3) is 0 Å². The number of halogens is 3. The molecule has 0 aromatic heterocycles. The first-order valence-corrected chi connectivity index (χ1v) is 14.5. The Morgan fingerprint density at radius 2 is 1.36 bits per heavy atom. The molecule has 42 heavy (non-hydrogen) atoms. The number of ether oxygens (including phenoxy) is 2. The molecule has 1 N–H and O–H groups in total. The number of alkyl halides is 3. The third-order valence-corrected chi connectivity index (χ3v) is 9.75. The molecular weight excluding hydrogens is 569 g/mol. The normalized spacial score (nSPS) is 15.5. The number of nitrogens with zero attached hydrogens (tertiary/aromatic N) is 1. The fourth-order valence-electron chi connectivity index (χ4n) is 5.15. The number of terminal acetylenes is 3. The first kappa shape index (κ1) is 32.4. The van der Waals surface area contributed by atoms with E-state index >= 15 is 0 Å². The first-order chi connectivity index (χ1) is 19.8. The number of nitrogens with one attached hydrogen (secondary N) is 1. The Balaban J connectivity index is 1.78. The molecule has 3 rings (SSSR count). The second-order valence-corrected chi connectivity index (χ2v) is 12.3. The summed E-state index contributed by atoms with van der Waals surface area (Å²) in [5, 5.41) is 2.52. The van der Waals surface area contributed by atoms with Gasteiger partial charge in [-0.1, -0.05) is 0 Å². The van der Waals surface area contributed by atoms with E-state index in [9.17, 15) is 26.4 Å². The molecule has 11 heteroatoms. The van der Waals surface area contributed by atoms with Crippen LogP contribution in [0.5, 0.6) is 17.2 Å². The van der Waals surface area contributed by atoms with Crippen LogP contribution in [-0.4, -0.2) is 57.0 Å². The van der Waals surface area contributed by atoms with Crippen LogP contribution in [0.4, 0.5) is 13.2 Å². The number of carbonyl (C=O) groups excluding carboxylic acids is 1. The first-order valence-electron chi connectivity index (χ1n) is 13.0. The highest BCUT2D eigenvalue weighted by Gasteiger charge is 2.53. The van der Waals surface area contributed by atoms with Gasteiger partial charge >= 0.3 is 6.36 Å². The van der Waals surface area contributed by atoms with Crippen LogP contribution in [0.3, 0.4) is 0 Å². The lowest BCUT2D eigenvalue weighted by Gasteiger charge is -2.43. The van der Waals surface area contributed by atoms with Gasteiger partial charge in [0, 0.05) is 51.4 Å². The van der Waals surface area contributed by atoms with Gasteiger partial charge in [0.1, 0.15) is 17.2 Å². The van der Waals surface area contributed by atoms with Crippen molar-refractivity contribution in [3.8, 4) is 54.3 Å². The summed E-state index contributed by atoms with van der Waals surface area (Å²) in [6.45, 7) is 1.09. The number of hydrogen-bond donors (Lipinski definition) is 1. The monoisotopic (exact) mass is 600 g/mol. The van der Waals surface area contributed by atoms with Crippen LogP contribution in [0.15, 0.2) is 53.4 Å². The van der Waals surface area contributed by atoms with Crippen molar-refractivity contribution in [2.75, 3.05) is 26.7 Å². The minimum Gasteiger partial charge on any atom is -0.457 e. The molecule has 1 fully saturated rings. The second kappa shape index (κ2) is 13.2. The summed E-state index contributed by atoms with van der Waals surface area (Å²) in [5.41, 5.74) is -0.508. The molecule has 1 aliphatic rings. The SMILES string of the molecule is C#CCC(CC#C)(CC#C)CN1CCC(C(=O)NC)(S(=O)(=O)c2ccc(Oc3ccc(OC(F)(F)F)cc3)cc2)CC1. The summed E-state index contributed by atoms with van der Waals surface area (Å²) in [5.74, 6) is 7.40. The van der Waals surface area contributed by atoms with Gasteiger partial charge in [-0.05, 0) is 61.4 Å². The standard InChI is InChI=1S/C31H31F3N2O5S/c1-5-16-29(17-6-2,18-7-3)23-36-21-19-30(20-22-36,28(37)35-4)42(38,39)27-14-12-25(13-15-27)40-24-8-10-26(11-9-24)41-31(32,33)34/h1-3,8-15H,16-23H2,4H3,(H,35,37). The third-order valence-electron chi connectivity index (χ3n) is 7.24. The topological polar surface area (TPSA) is 84.9 Å². The summed E-state index contributed by atoms with van der Waals surface area (Å²) in [4.78, 5) is 15.1. The van der Waals surface area contributed by atoms with Crippen molar-refractivity contribution in [2.45, 2.75) is 48.1 Å². The molecule has 0 bridgehead atoms. The van der Waals surface area contributed by atoms with Gasteiger partial charge in [-0.3, -0.25) is 4.79 Å². The van der Waals surface area contributed by atoms with Gasteiger partial charge in [0.05, 0.1) is 4.90 Å². The lowest BCUT2D eigenvalue weighted by Crippen LogP contribution is -2.58. The number of benzene rings is 2. The van der Waals surface area contributed by atoms with Gasteiger partial charge in [0.2, 0.25) is 5.91 Å². The number of likely N-dealkylation sites (tertiary alicyclic amines) is 1. The van der Waals surface area contributed by atoms with Gasteiger partial charge in [-0.15, -0.1) is 50.2 Å². The highest BCUT2D eigenvalue weighted by atomic mass is 32.2. The smallest absolute Gasteiger partial charge is 0.457 e. The minimum atomic E-state index is -4.82. The Labute approximate surface area is 244 Å². The Hall–Kier alpha value is -4.11. The van der Waals surface area contributed by atoms with Gasteiger partial charge in [-0.2, -0.15) is 0 Å². The molecule has 0 saturated carbocycles. The zero-order valence-corrected chi connectivity index (χ0v) is 23.9. The van der Waals surface area contributed by atoms with Crippen LogP contribution in [0, 0.1) is 42.4 Å². The van der Waals surface area contributed by atoms with Crippen molar-refractivity contribution in [1.29, 1.82) is 0 Å². The fourth-order valence-corrected chi connectivity index (χ4v) is 7.17. The van der Waals surface area contributed by atoms with Gasteiger partial charge in [0.15, 0.2) is 14.6 Å². The minimum absolute atomic E-state index is 0.0395. The third kappa shape index (κ3) is 7.39. The van der Waals surface area contributed by atoms with E-state index in [2.05, 4.69) is 27.8 Å². The number of carbonyl (C=O) groups is 1. The molecule has 2 aromatic rings. The summed E-state index contributed by atoms with van der Waals surface area (Å²) in [6, 6.07) is 10.2. The predicted molar refractivity (Wildman–Crippen MR) is 152 cm³/mol. The fraction of sp³-hybridized carbons (Fsp3) is 0.387. The van der Waals surface area contributed by atoms with Gasteiger partial charge in [-0.25, -0.2) is 8.42 Å². The molecule has 0 radical (unpaired) electrons. The molecule has 0 aliphatic carbocycles. The van der Waals surface area contributed by atoms with Crippen molar-refractivity contribution >= 4 is 15.7 Å². The van der Waals surface area contributed by atoms with Crippen LogP contribution in [0.1, 0.15) is 32.1 Å². The van der Waals surface area contributed by atoms with E-state index < -0.39 is 38.0 Å². The summed E-state index contributed by atoms with van der Waals surface area (Å²) in [7, 11) is -2.77. The Morgan fingerprint density at radius 3 is 1.79 bits per heavy atom. The molecule has 222 valence electrons. The second-order valence-electron chi connectivity index (χ2n) is 10.1. The van der Waals surface area contributed by atoms with E-state index in [0.717, 1.165) is 12.1 Å². The van der Waals surface area contributed by atoms with Gasteiger partial charge < -0.3 is 19.7 Å². The van der Waals surface area contributed by atoms with Crippen LogP contribution >= 0.6 is 0 Å². The largest absolute Gasteiger partial charge is 0.573 e. The molecular formula is C31H31F3N2O5S. The van der Waals surface area contributed by atoms with Crippen molar-refractivity contribution in [1.82, 2.24) is 10.2 Å². The van der Waals surface area contributed by atoms with E-state index in [0.29, 0.717) is 38.9 Å². The van der Waals surface area contributed by atoms with Crippen LogP contribution < -0.4 is 14.8 Å². The van der Waals surface area contributed by atoms with E-state index in [1.165, 1.54) is 43.4 Å². The highest BCUT2D eigenvalue weighted by molar-refractivity contribution is 7.93. The van der Waals surface area contributed by atoms with Crippen LogP contribution in [0.2, 0.25) is 0 Å². The number of hydrogen-bond acceptors (Lipinski definition) is 6. The molecule has 0 unspecified atom stereocenters. The Kier molecular flexibility index (Phi) is 10.2. The van der Waals surface area contributed by atoms with E-state index in [1.807, 2.05) is 4.90 Å². The number of rotatable bonds is 11. The van der Waals surface area contributed by atoms with E-state index in [4.69, 9.17) is 24.0 Å². The number of sulfone groups is 1. The molecule has 7 nitrogen and oxygen atoms in total. The summed E-state index contributed by atoms with van der Waals surface area (Å²) >= 11 is 0. The molecule has 1 aliphatic heterocycles. The Bertz CT molecular complexity index is 1430. The quantitative estimate of drug-likeness (QED) is 0.374. The molecule has 0 atom stereocenters. The number of piperidine rings is 1. The predicted octanol–water partition coefficient (Wildman–Crippen LogP) is 4.79. The maximum Gasteiger partial charge on any atom is 0.573 e. The lowest BCUT2D eigenvalue weighted by atomic mass is 9.77. The molecule has 1 amide bonds. The maximum atomic E-state index is 13.9. The average molecular weight is 601 g/mol. The molecule has 1 heterocycles. The van der Waals surface area contributed by atoms with Crippen molar-refractivity contribution in [3.05, 3.63) is 48.5 Å². The zero-order valence-electron chi connectivity index (χ0n) is 23.0. The maximum absolute atomic E-state index is 13.9. The van der Waals surface area contributed by atoms with Crippen molar-refractivity contribution in [3.63, 3.8) is 0 Å². The van der Waals surface area contributed by atoms with Crippen molar-refractivity contribution in [2.24, 2.45) is 5.41 Å². The lowest BCUT2D eigenvalue weighted by molar-refractivity contribution is -0.274. The van der Waals surface area contributed by atoms with Crippen LogP contribution in [-0.2, 0) is 14.6 Å². The number of amides is 1. The van der Waals surface area contributed by atoms with E-state index in [-0.39, 0.29) is 29.2 Å². The van der Waals surface area contributed by atoms with E-state index in [1.54, 1.807) is 0 Å². The Morgan fingerprint density at radius 1 is 0.905 bits per heavy atom.